The molecule has 0 radical (unpaired) electrons. The SMILES string of the molecule is O=C(O)Nc1ccccc1C(=O)Nc1nnn[nH]1. The normalized spacial score (nSPS) is 9.78. The summed E-state index contributed by atoms with van der Waals surface area (Å²) in [6.45, 7) is 0. The molecule has 0 saturated heterocycles. The van der Waals surface area contributed by atoms with Crippen molar-refractivity contribution in [2.24, 2.45) is 0 Å². The molecule has 0 saturated carbocycles. The van der Waals surface area contributed by atoms with Gasteiger partial charge in [0.15, 0.2) is 0 Å². The number of amides is 2. The number of aromatic amines is 1. The summed E-state index contributed by atoms with van der Waals surface area (Å²) in [6, 6.07) is 6.17. The molecule has 0 spiro atoms. The largest absolute Gasteiger partial charge is 0.465 e. The molecule has 0 atom stereocenters. The van der Waals surface area contributed by atoms with Crippen LogP contribution in [0.15, 0.2) is 24.3 Å². The standard InChI is InChI=1S/C9H8N6O3/c16-7(11-8-12-14-15-13-8)5-3-1-2-4-6(5)10-9(17)18/h1-4,10H,(H,17,18)(H2,11,12,13,14,15,16). The summed E-state index contributed by atoms with van der Waals surface area (Å²) in [6.07, 6.45) is -1.25. The molecule has 9 nitrogen and oxygen atoms in total. The number of aromatic nitrogens is 4. The summed E-state index contributed by atoms with van der Waals surface area (Å²) in [7, 11) is 0. The number of carbonyl (C=O) groups excluding carboxylic acids is 1. The second-order valence-electron chi connectivity index (χ2n) is 3.18. The number of carboxylic acid groups (broad SMARTS) is 1. The van der Waals surface area contributed by atoms with Crippen LogP contribution in [0.3, 0.4) is 0 Å². The number of nitrogens with zero attached hydrogens (tertiary/aromatic N) is 3. The van der Waals surface area contributed by atoms with Gasteiger partial charge in [-0.05, 0) is 22.6 Å². The van der Waals surface area contributed by atoms with Crippen molar-refractivity contribution in [2.75, 3.05) is 10.6 Å². The van der Waals surface area contributed by atoms with Gasteiger partial charge in [0, 0.05) is 0 Å². The number of anilines is 2. The van der Waals surface area contributed by atoms with Crippen LogP contribution in [0, 0.1) is 0 Å². The highest BCUT2D eigenvalue weighted by atomic mass is 16.4. The van der Waals surface area contributed by atoms with Crippen molar-refractivity contribution in [1.82, 2.24) is 20.6 Å². The van der Waals surface area contributed by atoms with Crippen LogP contribution in [0.5, 0.6) is 0 Å². The maximum absolute atomic E-state index is 11.9. The van der Waals surface area contributed by atoms with E-state index < -0.39 is 12.0 Å². The predicted molar refractivity (Wildman–Crippen MR) is 60.2 cm³/mol. The molecule has 0 unspecified atom stereocenters. The van der Waals surface area contributed by atoms with Gasteiger partial charge in [0.25, 0.3) is 5.91 Å². The van der Waals surface area contributed by atoms with E-state index in [1.165, 1.54) is 12.1 Å². The minimum Gasteiger partial charge on any atom is -0.465 e. The zero-order valence-corrected chi connectivity index (χ0v) is 8.91. The molecular weight excluding hydrogens is 240 g/mol. The molecule has 0 aliphatic heterocycles. The second-order valence-corrected chi connectivity index (χ2v) is 3.18. The fourth-order valence-corrected chi connectivity index (χ4v) is 1.29. The van der Waals surface area contributed by atoms with Crippen LogP contribution in [0.1, 0.15) is 10.4 Å². The first-order valence-electron chi connectivity index (χ1n) is 4.81. The fourth-order valence-electron chi connectivity index (χ4n) is 1.29. The highest BCUT2D eigenvalue weighted by molar-refractivity contribution is 6.08. The lowest BCUT2D eigenvalue weighted by Gasteiger charge is -2.07. The van der Waals surface area contributed by atoms with E-state index in [1.54, 1.807) is 12.1 Å². The van der Waals surface area contributed by atoms with Gasteiger partial charge in [-0.25, -0.2) is 9.89 Å². The van der Waals surface area contributed by atoms with Crippen molar-refractivity contribution in [2.45, 2.75) is 0 Å². The molecule has 0 bridgehead atoms. The molecule has 9 heteroatoms. The number of nitrogens with one attached hydrogen (secondary N) is 3. The van der Waals surface area contributed by atoms with Crippen molar-refractivity contribution in [3.8, 4) is 0 Å². The van der Waals surface area contributed by atoms with Crippen molar-refractivity contribution in [3.05, 3.63) is 29.8 Å². The summed E-state index contributed by atoms with van der Waals surface area (Å²) < 4.78 is 0. The Labute approximate surface area is 100 Å². The van der Waals surface area contributed by atoms with Crippen LogP contribution in [0.25, 0.3) is 0 Å². The fraction of sp³-hybridized carbons (Fsp3) is 0. The molecular formula is C9H8N6O3. The average molecular weight is 248 g/mol. The van der Waals surface area contributed by atoms with E-state index in [9.17, 15) is 9.59 Å². The van der Waals surface area contributed by atoms with E-state index >= 15 is 0 Å². The van der Waals surface area contributed by atoms with Crippen LogP contribution >= 0.6 is 0 Å². The predicted octanol–water partition coefficient (Wildman–Crippen LogP) is 0.542. The third-order valence-electron chi connectivity index (χ3n) is 1.99. The third-order valence-corrected chi connectivity index (χ3v) is 1.99. The number of rotatable bonds is 3. The van der Waals surface area contributed by atoms with Crippen molar-refractivity contribution in [3.63, 3.8) is 0 Å². The Balaban J connectivity index is 2.21. The Morgan fingerprint density at radius 1 is 1.22 bits per heavy atom. The lowest BCUT2D eigenvalue weighted by molar-refractivity contribution is 0.102. The lowest BCUT2D eigenvalue weighted by Crippen LogP contribution is -2.17. The van der Waals surface area contributed by atoms with E-state index in [2.05, 4.69) is 31.3 Å². The van der Waals surface area contributed by atoms with Gasteiger partial charge in [-0.3, -0.25) is 15.4 Å². The maximum atomic E-state index is 11.9. The molecule has 1 aromatic carbocycles. The van der Waals surface area contributed by atoms with E-state index in [4.69, 9.17) is 5.11 Å². The first-order valence-corrected chi connectivity index (χ1v) is 4.81. The molecule has 2 aromatic rings. The molecule has 0 aliphatic rings. The number of hydrogen-bond donors (Lipinski definition) is 4. The Morgan fingerprint density at radius 2 is 2.00 bits per heavy atom. The van der Waals surface area contributed by atoms with Gasteiger partial charge >= 0.3 is 6.09 Å². The minimum absolute atomic E-state index is 0.0742. The number of H-pyrrole nitrogens is 1. The topological polar surface area (TPSA) is 133 Å². The summed E-state index contributed by atoms with van der Waals surface area (Å²) in [5.41, 5.74) is 0.339. The molecule has 18 heavy (non-hydrogen) atoms. The van der Waals surface area contributed by atoms with Crippen molar-refractivity contribution in [1.29, 1.82) is 0 Å². The molecule has 2 rings (SSSR count). The highest BCUT2D eigenvalue weighted by Gasteiger charge is 2.13. The number of benzene rings is 1. The number of para-hydroxylation sites is 1. The van der Waals surface area contributed by atoms with Gasteiger partial charge in [0.2, 0.25) is 5.95 Å². The van der Waals surface area contributed by atoms with E-state index in [0.717, 1.165) is 0 Å². The smallest absolute Gasteiger partial charge is 0.409 e. The first-order chi connectivity index (χ1) is 8.66. The number of tetrazole rings is 1. The van der Waals surface area contributed by atoms with Gasteiger partial charge in [-0.2, -0.15) is 0 Å². The molecule has 0 fully saturated rings. The molecule has 2 amide bonds. The van der Waals surface area contributed by atoms with Gasteiger partial charge in [0.05, 0.1) is 11.3 Å². The zero-order valence-electron chi connectivity index (χ0n) is 8.91. The zero-order chi connectivity index (χ0) is 13.0. The van der Waals surface area contributed by atoms with E-state index in [0.29, 0.717) is 0 Å². The van der Waals surface area contributed by atoms with E-state index in [1.807, 2.05) is 0 Å². The van der Waals surface area contributed by atoms with Gasteiger partial charge in [0.1, 0.15) is 0 Å². The average Bonchev–Trinajstić information content (AvgIpc) is 2.81. The first kappa shape index (κ1) is 11.5. The van der Waals surface area contributed by atoms with Crippen LogP contribution < -0.4 is 10.6 Å². The van der Waals surface area contributed by atoms with Crippen molar-refractivity contribution < 1.29 is 14.7 Å². The summed E-state index contributed by atoms with van der Waals surface area (Å²) >= 11 is 0. The Kier molecular flexibility index (Phi) is 3.14. The molecule has 0 aliphatic carbocycles. The van der Waals surface area contributed by atoms with Crippen LogP contribution in [-0.2, 0) is 0 Å². The molecule has 1 heterocycles. The summed E-state index contributed by atoms with van der Waals surface area (Å²) in [5, 5.41) is 25.6. The Bertz CT molecular complexity index is 567. The number of carbonyl (C=O) groups is 2. The van der Waals surface area contributed by atoms with Gasteiger partial charge in [-0.15, -0.1) is 0 Å². The molecule has 92 valence electrons. The van der Waals surface area contributed by atoms with Gasteiger partial charge in [-0.1, -0.05) is 17.2 Å². The van der Waals surface area contributed by atoms with Crippen LogP contribution in [0.2, 0.25) is 0 Å². The monoisotopic (exact) mass is 248 g/mol. The van der Waals surface area contributed by atoms with Crippen LogP contribution in [-0.4, -0.2) is 37.7 Å². The third kappa shape index (κ3) is 2.58. The molecule has 4 N–H and O–H groups in total. The molecule has 1 aromatic heterocycles. The van der Waals surface area contributed by atoms with Crippen LogP contribution in [0.4, 0.5) is 16.4 Å². The Morgan fingerprint density at radius 3 is 2.67 bits per heavy atom. The number of hydrogen-bond acceptors (Lipinski definition) is 5. The highest BCUT2D eigenvalue weighted by Crippen LogP contribution is 2.15. The summed E-state index contributed by atoms with van der Waals surface area (Å²) in [4.78, 5) is 22.4. The van der Waals surface area contributed by atoms with E-state index in [-0.39, 0.29) is 17.2 Å². The minimum atomic E-state index is -1.25. The second kappa shape index (κ2) is 4.91. The lowest BCUT2D eigenvalue weighted by atomic mass is 10.1. The summed E-state index contributed by atoms with van der Waals surface area (Å²) in [5.74, 6) is -0.456. The maximum Gasteiger partial charge on any atom is 0.409 e. The quantitative estimate of drug-likeness (QED) is 0.626. The van der Waals surface area contributed by atoms with Crippen molar-refractivity contribution >= 4 is 23.6 Å². The Hall–Kier alpha value is -2.97. The van der Waals surface area contributed by atoms with Gasteiger partial charge < -0.3 is 5.11 Å².